The van der Waals surface area contributed by atoms with Crippen molar-refractivity contribution in [1.82, 2.24) is 0 Å². The van der Waals surface area contributed by atoms with Crippen LogP contribution in [0.5, 0.6) is 0 Å². The molecule has 0 radical (unpaired) electrons. The predicted molar refractivity (Wildman–Crippen MR) is 97.6 cm³/mol. The molecule has 0 saturated carbocycles. The van der Waals surface area contributed by atoms with Crippen LogP contribution in [0.25, 0.3) is 0 Å². The number of rotatable bonds is 7. The third-order valence-corrected chi connectivity index (χ3v) is 4.57. The van der Waals surface area contributed by atoms with Crippen LogP contribution in [0.1, 0.15) is 6.42 Å². The number of benzene rings is 2. The number of carbonyl (C=O) groups excluding carboxylic acids is 1. The van der Waals surface area contributed by atoms with Crippen molar-refractivity contribution in [2.45, 2.75) is 11.3 Å². The molecule has 0 fully saturated rings. The van der Waals surface area contributed by atoms with Gasteiger partial charge in [-0.2, -0.15) is 0 Å². The van der Waals surface area contributed by atoms with Crippen LogP contribution in [0.3, 0.4) is 0 Å². The number of nitrogens with two attached hydrogens (primary N) is 1. The van der Waals surface area contributed by atoms with Gasteiger partial charge in [0, 0.05) is 24.7 Å². The van der Waals surface area contributed by atoms with Gasteiger partial charge in [-0.3, -0.25) is 14.9 Å². The molecule has 0 spiro atoms. The summed E-state index contributed by atoms with van der Waals surface area (Å²) < 4.78 is 35.7. The van der Waals surface area contributed by atoms with E-state index in [0.717, 1.165) is 18.2 Å². The molecule has 0 unspecified atom stereocenters. The quantitative estimate of drug-likeness (QED) is 0.467. The number of carbonyl (C=O) groups is 1. The maximum absolute atomic E-state index is 13.1. The maximum Gasteiger partial charge on any atom is 0.293 e. The first-order chi connectivity index (χ1) is 12.6. The van der Waals surface area contributed by atoms with Gasteiger partial charge >= 0.3 is 0 Å². The fraction of sp³-hybridized carbons (Fsp3) is 0.133. The molecule has 144 valence electrons. The van der Waals surface area contributed by atoms with Crippen molar-refractivity contribution < 1.29 is 22.5 Å². The second-order valence-electron chi connectivity index (χ2n) is 5.33. The van der Waals surface area contributed by atoms with Crippen molar-refractivity contribution in [2.24, 2.45) is 5.14 Å². The van der Waals surface area contributed by atoms with Crippen LogP contribution in [-0.4, -0.2) is 25.8 Å². The summed E-state index contributed by atoms with van der Waals surface area (Å²) >= 11 is 5.62. The largest absolute Gasteiger partial charge is 0.379 e. The van der Waals surface area contributed by atoms with E-state index in [0.29, 0.717) is 5.69 Å². The summed E-state index contributed by atoms with van der Waals surface area (Å²) in [6.45, 7) is 0.0241. The highest BCUT2D eigenvalue weighted by Gasteiger charge is 2.19. The van der Waals surface area contributed by atoms with Crippen LogP contribution in [0, 0.1) is 15.9 Å². The molecule has 4 N–H and O–H groups in total. The van der Waals surface area contributed by atoms with Crippen LogP contribution in [0.4, 0.5) is 21.5 Å². The highest BCUT2D eigenvalue weighted by Crippen LogP contribution is 2.27. The Morgan fingerprint density at radius 3 is 2.56 bits per heavy atom. The number of nitrogens with one attached hydrogen (secondary N) is 2. The molecular formula is C15H14ClFN4O5S. The van der Waals surface area contributed by atoms with E-state index < -0.39 is 37.3 Å². The average Bonchev–Trinajstić information content (AvgIpc) is 2.57. The summed E-state index contributed by atoms with van der Waals surface area (Å²) in [5.41, 5.74) is -0.160. The molecule has 1 amide bonds. The normalized spacial score (nSPS) is 11.1. The van der Waals surface area contributed by atoms with Crippen molar-refractivity contribution in [3.05, 3.63) is 57.4 Å². The maximum atomic E-state index is 13.1. The molecule has 0 aliphatic carbocycles. The lowest BCUT2D eigenvalue weighted by molar-refractivity contribution is -0.384. The molecule has 0 heterocycles. The van der Waals surface area contributed by atoms with Crippen molar-refractivity contribution in [2.75, 3.05) is 17.2 Å². The number of sulfonamides is 1. The number of nitrogens with zero attached hydrogens (tertiary/aromatic N) is 1. The van der Waals surface area contributed by atoms with Gasteiger partial charge in [0.25, 0.3) is 5.69 Å². The fourth-order valence-electron chi connectivity index (χ4n) is 2.10. The lowest BCUT2D eigenvalue weighted by atomic mass is 10.2. The molecule has 0 aromatic heterocycles. The van der Waals surface area contributed by atoms with E-state index in [9.17, 15) is 27.7 Å². The lowest BCUT2D eigenvalue weighted by Gasteiger charge is -2.09. The van der Waals surface area contributed by atoms with E-state index in [1.807, 2.05) is 0 Å². The minimum atomic E-state index is -4.08. The molecule has 0 aliphatic heterocycles. The summed E-state index contributed by atoms with van der Waals surface area (Å²) in [7, 11) is -4.08. The smallest absolute Gasteiger partial charge is 0.293 e. The van der Waals surface area contributed by atoms with Crippen LogP contribution in [0.2, 0.25) is 5.02 Å². The zero-order chi connectivity index (χ0) is 20.2. The Kier molecular flexibility index (Phi) is 6.31. The predicted octanol–water partition coefficient (Wildman–Crippen LogP) is 2.48. The van der Waals surface area contributed by atoms with E-state index in [2.05, 4.69) is 10.6 Å². The molecule has 2 rings (SSSR count). The molecular weight excluding hydrogens is 403 g/mol. The number of anilines is 2. The molecule has 2 aromatic rings. The first-order valence-electron chi connectivity index (χ1n) is 7.38. The van der Waals surface area contributed by atoms with Crippen LogP contribution >= 0.6 is 11.6 Å². The zero-order valence-corrected chi connectivity index (χ0v) is 15.2. The zero-order valence-electron chi connectivity index (χ0n) is 13.6. The van der Waals surface area contributed by atoms with Crippen molar-refractivity contribution in [3.8, 4) is 0 Å². The van der Waals surface area contributed by atoms with Crippen LogP contribution in [0.15, 0.2) is 41.3 Å². The lowest BCUT2D eigenvalue weighted by Crippen LogP contribution is -2.17. The number of hydrogen-bond acceptors (Lipinski definition) is 6. The first kappa shape index (κ1) is 20.6. The van der Waals surface area contributed by atoms with Crippen LogP contribution < -0.4 is 15.8 Å². The first-order valence-corrected chi connectivity index (χ1v) is 9.30. The fourth-order valence-corrected chi connectivity index (χ4v) is 2.81. The van der Waals surface area contributed by atoms with Gasteiger partial charge in [0.1, 0.15) is 11.5 Å². The summed E-state index contributed by atoms with van der Waals surface area (Å²) in [5.74, 6) is -1.06. The standard InChI is InChI=1S/C15H14ClFN4O5S/c16-11-7-9(1-3-12(11)17)20-15(22)5-6-19-13-4-2-10(27(18,25)26)8-14(13)21(23)24/h1-4,7-8,19H,5-6H2,(H,20,22)(H2,18,25,26). The number of halogens is 2. The minimum Gasteiger partial charge on any atom is -0.379 e. The van der Waals surface area contributed by atoms with Gasteiger partial charge < -0.3 is 10.6 Å². The summed E-state index contributed by atoms with van der Waals surface area (Å²) in [4.78, 5) is 21.8. The summed E-state index contributed by atoms with van der Waals surface area (Å²) in [6.07, 6.45) is -0.0664. The van der Waals surface area contributed by atoms with Gasteiger partial charge in [-0.1, -0.05) is 11.6 Å². The third kappa shape index (κ3) is 5.61. The summed E-state index contributed by atoms with van der Waals surface area (Å²) in [5, 5.41) is 21.1. The van der Waals surface area contributed by atoms with E-state index >= 15 is 0 Å². The van der Waals surface area contributed by atoms with Gasteiger partial charge in [-0.25, -0.2) is 17.9 Å². The Balaban J connectivity index is 2.00. The number of amides is 1. The van der Waals surface area contributed by atoms with E-state index in [1.165, 1.54) is 18.2 Å². The number of nitro groups is 1. The Hall–Kier alpha value is -2.76. The number of primary sulfonamides is 1. The van der Waals surface area contributed by atoms with Gasteiger partial charge in [-0.15, -0.1) is 0 Å². The Bertz CT molecular complexity index is 1000. The van der Waals surface area contributed by atoms with E-state index in [4.69, 9.17) is 16.7 Å². The highest BCUT2D eigenvalue weighted by atomic mass is 35.5. The Morgan fingerprint density at radius 1 is 1.26 bits per heavy atom. The third-order valence-electron chi connectivity index (χ3n) is 3.37. The molecule has 27 heavy (non-hydrogen) atoms. The van der Waals surface area contributed by atoms with Gasteiger partial charge in [-0.05, 0) is 30.3 Å². The number of hydrogen-bond donors (Lipinski definition) is 3. The summed E-state index contributed by atoms with van der Waals surface area (Å²) in [6, 6.07) is 6.83. The molecule has 2 aromatic carbocycles. The highest BCUT2D eigenvalue weighted by molar-refractivity contribution is 7.89. The van der Waals surface area contributed by atoms with Gasteiger partial charge in [0.15, 0.2) is 0 Å². The molecule has 0 saturated heterocycles. The molecule has 0 bridgehead atoms. The van der Waals surface area contributed by atoms with E-state index in [-0.39, 0.29) is 23.7 Å². The minimum absolute atomic E-state index is 0.0241. The second kappa shape index (κ2) is 8.29. The second-order valence-corrected chi connectivity index (χ2v) is 7.30. The Labute approximate surface area is 158 Å². The van der Waals surface area contributed by atoms with Gasteiger partial charge in [0.2, 0.25) is 15.9 Å². The van der Waals surface area contributed by atoms with Crippen molar-refractivity contribution in [3.63, 3.8) is 0 Å². The SMILES string of the molecule is NS(=O)(=O)c1ccc(NCCC(=O)Nc2ccc(F)c(Cl)c2)c([N+](=O)[O-])c1. The van der Waals surface area contributed by atoms with Crippen molar-refractivity contribution in [1.29, 1.82) is 0 Å². The monoisotopic (exact) mass is 416 g/mol. The van der Waals surface area contributed by atoms with E-state index in [1.54, 1.807) is 0 Å². The van der Waals surface area contributed by atoms with Gasteiger partial charge in [0.05, 0.1) is 14.8 Å². The molecule has 9 nitrogen and oxygen atoms in total. The van der Waals surface area contributed by atoms with Crippen molar-refractivity contribution >= 4 is 44.6 Å². The Morgan fingerprint density at radius 2 is 1.96 bits per heavy atom. The topological polar surface area (TPSA) is 144 Å². The molecule has 0 aliphatic rings. The number of nitro benzene ring substituents is 1. The average molecular weight is 417 g/mol. The molecule has 12 heteroatoms. The molecule has 0 atom stereocenters. The van der Waals surface area contributed by atoms with Crippen LogP contribution in [-0.2, 0) is 14.8 Å².